The van der Waals surface area contributed by atoms with Crippen molar-refractivity contribution in [2.24, 2.45) is 16.7 Å². The number of hydrogen-bond donors (Lipinski definition) is 3. The van der Waals surface area contributed by atoms with Crippen LogP contribution in [-0.2, 0) is 33.3 Å². The summed E-state index contributed by atoms with van der Waals surface area (Å²) < 4.78 is 23.5. The van der Waals surface area contributed by atoms with Gasteiger partial charge in [-0.15, -0.1) is 0 Å². The molecule has 1 aromatic carbocycles. The number of Topliss-reactive ketones (excluding diaryl/α,β-unsaturated/α-hetero) is 1. The van der Waals surface area contributed by atoms with Gasteiger partial charge in [-0.2, -0.15) is 0 Å². The minimum Gasteiger partial charge on any atom is -0.455 e. The van der Waals surface area contributed by atoms with E-state index in [1.807, 2.05) is 0 Å². The number of hydrogen-bond acceptors (Lipinski definition) is 11. The lowest BCUT2D eigenvalue weighted by Crippen LogP contribution is -2.81. The van der Waals surface area contributed by atoms with Crippen molar-refractivity contribution >= 4 is 23.7 Å². The van der Waals surface area contributed by atoms with Gasteiger partial charge in [0.05, 0.1) is 35.7 Å². The van der Waals surface area contributed by atoms with Gasteiger partial charge >= 0.3 is 17.9 Å². The van der Waals surface area contributed by atoms with Crippen LogP contribution in [0, 0.1) is 16.7 Å². The second-order valence-corrected chi connectivity index (χ2v) is 12.8. The molecule has 2 saturated carbocycles. The molecule has 1 saturated heterocycles. The van der Waals surface area contributed by atoms with E-state index in [1.165, 1.54) is 26.0 Å². The first-order valence-electron chi connectivity index (χ1n) is 14.1. The Morgan fingerprint density at radius 2 is 1.64 bits per heavy atom. The molecule has 0 radical (unpaired) electrons. The maximum atomic E-state index is 14.8. The van der Waals surface area contributed by atoms with Crippen LogP contribution in [0.4, 0.5) is 0 Å². The number of carbonyl (C=O) groups excluding carboxylic acids is 4. The van der Waals surface area contributed by atoms with Gasteiger partial charge in [0.15, 0.2) is 17.5 Å². The lowest BCUT2D eigenvalue weighted by Gasteiger charge is -2.67. The molecule has 11 heteroatoms. The van der Waals surface area contributed by atoms with Gasteiger partial charge in [0.25, 0.3) is 0 Å². The molecule has 3 fully saturated rings. The maximum Gasteiger partial charge on any atom is 0.338 e. The van der Waals surface area contributed by atoms with Crippen LogP contribution in [-0.4, -0.2) is 87.3 Å². The average Bonchev–Trinajstić information content (AvgIpc) is 2.90. The molecule has 42 heavy (non-hydrogen) atoms. The van der Waals surface area contributed by atoms with Crippen molar-refractivity contribution < 1.29 is 53.4 Å². The van der Waals surface area contributed by atoms with Crippen LogP contribution in [0.1, 0.15) is 64.7 Å². The van der Waals surface area contributed by atoms with Crippen molar-refractivity contribution in [2.45, 2.75) is 96.1 Å². The Labute approximate surface area is 243 Å². The Bertz CT molecular complexity index is 1350. The molecule has 3 N–H and O–H groups in total. The summed E-state index contributed by atoms with van der Waals surface area (Å²) in [6, 6.07) is 8.05. The molecule has 11 nitrogen and oxygen atoms in total. The molecule has 3 aliphatic carbocycles. The highest BCUT2D eigenvalue weighted by Crippen LogP contribution is 2.64. The molecule has 1 aliphatic heterocycles. The number of carbonyl (C=O) groups is 4. The Kier molecular flexibility index (Phi) is 7.20. The van der Waals surface area contributed by atoms with Gasteiger partial charge in [-0.3, -0.25) is 14.4 Å². The fourth-order valence-corrected chi connectivity index (χ4v) is 7.91. The van der Waals surface area contributed by atoms with Crippen molar-refractivity contribution in [3.63, 3.8) is 0 Å². The summed E-state index contributed by atoms with van der Waals surface area (Å²) in [6.45, 7) is 8.42. The van der Waals surface area contributed by atoms with Gasteiger partial charge in [0.1, 0.15) is 17.8 Å². The standard InChI is InChI=1S/C31H38O11/c1-15-19(34)13-31(38)26(41-27(37)18-10-8-7-9-11-18)24-29(6,20(35)12-21-30(24,14-39-21)42-17(3)33)25(36)23(40-16(2)32)22(15)28(31,4)5/h7-11,19-21,23-24,26,34-35,38H,12-14H2,1-6H3/t19-,20+,21-,23-,24+,26+,29+,30+,31-/m0/s1. The van der Waals surface area contributed by atoms with E-state index < -0.39 is 82.2 Å². The number of aliphatic hydroxyl groups excluding tert-OH is 2. The predicted octanol–water partition coefficient (Wildman–Crippen LogP) is 1.65. The Hall–Kier alpha value is -3.12. The summed E-state index contributed by atoms with van der Waals surface area (Å²) in [4.78, 5) is 53.4. The van der Waals surface area contributed by atoms with E-state index in [1.54, 1.807) is 39.0 Å². The second-order valence-electron chi connectivity index (χ2n) is 12.8. The van der Waals surface area contributed by atoms with E-state index in [0.29, 0.717) is 5.57 Å². The number of esters is 3. The molecular weight excluding hydrogens is 548 g/mol. The van der Waals surface area contributed by atoms with Crippen LogP contribution in [0.2, 0.25) is 0 Å². The second kappa shape index (κ2) is 9.97. The van der Waals surface area contributed by atoms with Crippen molar-refractivity contribution in [2.75, 3.05) is 6.61 Å². The lowest BCUT2D eigenvalue weighted by atomic mass is 9.44. The van der Waals surface area contributed by atoms with E-state index in [4.69, 9.17) is 18.9 Å². The van der Waals surface area contributed by atoms with Crippen molar-refractivity contribution in [3.05, 3.63) is 47.0 Å². The molecule has 0 spiro atoms. The molecule has 0 aromatic heterocycles. The fourth-order valence-electron chi connectivity index (χ4n) is 7.91. The predicted molar refractivity (Wildman–Crippen MR) is 145 cm³/mol. The van der Waals surface area contributed by atoms with Gasteiger partial charge in [0.2, 0.25) is 0 Å². The molecule has 5 rings (SSSR count). The molecule has 1 heterocycles. The van der Waals surface area contributed by atoms with Crippen LogP contribution < -0.4 is 0 Å². The summed E-state index contributed by atoms with van der Waals surface area (Å²) in [5.41, 5.74) is -6.38. The minimum atomic E-state index is -2.11. The number of fused-ring (bicyclic) bond motifs is 5. The minimum absolute atomic E-state index is 0.110. The smallest absolute Gasteiger partial charge is 0.338 e. The van der Waals surface area contributed by atoms with Gasteiger partial charge in [-0.05, 0) is 37.1 Å². The molecule has 0 amide bonds. The molecular formula is C31H38O11. The highest BCUT2D eigenvalue weighted by Gasteiger charge is 2.78. The van der Waals surface area contributed by atoms with Gasteiger partial charge in [-0.25, -0.2) is 4.79 Å². The molecule has 9 atom stereocenters. The monoisotopic (exact) mass is 586 g/mol. The normalized spacial score (nSPS) is 40.4. The van der Waals surface area contributed by atoms with Gasteiger partial charge in [-0.1, -0.05) is 32.0 Å². The largest absolute Gasteiger partial charge is 0.455 e. The van der Waals surface area contributed by atoms with E-state index in [2.05, 4.69) is 0 Å². The summed E-state index contributed by atoms with van der Waals surface area (Å²) in [6.07, 6.45) is -7.27. The van der Waals surface area contributed by atoms with E-state index >= 15 is 0 Å². The molecule has 0 unspecified atom stereocenters. The van der Waals surface area contributed by atoms with Crippen LogP contribution in [0.15, 0.2) is 41.5 Å². The van der Waals surface area contributed by atoms with E-state index in [9.17, 15) is 34.5 Å². The highest BCUT2D eigenvalue weighted by molar-refractivity contribution is 5.95. The lowest BCUT2D eigenvalue weighted by molar-refractivity contribution is -0.345. The zero-order chi connectivity index (χ0) is 31.0. The zero-order valence-electron chi connectivity index (χ0n) is 24.6. The Morgan fingerprint density at radius 3 is 2.19 bits per heavy atom. The number of benzene rings is 1. The molecule has 228 valence electrons. The highest BCUT2D eigenvalue weighted by atomic mass is 16.6. The topological polar surface area (TPSA) is 166 Å². The molecule has 2 bridgehead atoms. The third-order valence-corrected chi connectivity index (χ3v) is 10.2. The third-order valence-electron chi connectivity index (χ3n) is 10.2. The first-order chi connectivity index (χ1) is 19.5. The third kappa shape index (κ3) is 4.08. The number of rotatable bonds is 4. The number of ether oxygens (including phenoxy) is 4. The first kappa shape index (κ1) is 30.3. The van der Waals surface area contributed by atoms with Gasteiger partial charge in [0, 0.05) is 32.1 Å². The van der Waals surface area contributed by atoms with Crippen LogP contribution in [0.25, 0.3) is 0 Å². The number of ketones is 1. The SMILES string of the molecule is CC(=O)O[C@@H]1C(=O)[C@]2(C)[C@H](O)C[C@@H]3OC[C@]3(OC(C)=O)[C@@H]2[C@@H](OC(=O)c2ccccc2)[C@@]2(O)C[C@H](O)C(C)=C1C2(C)C. The molecule has 4 aliphatic rings. The summed E-state index contributed by atoms with van der Waals surface area (Å²) >= 11 is 0. The Morgan fingerprint density at radius 1 is 1.00 bits per heavy atom. The van der Waals surface area contributed by atoms with Crippen LogP contribution >= 0.6 is 0 Å². The summed E-state index contributed by atoms with van der Waals surface area (Å²) in [5, 5.41) is 35.8. The van der Waals surface area contributed by atoms with E-state index in [0.717, 1.165) is 6.92 Å². The molecule has 1 aromatic rings. The van der Waals surface area contributed by atoms with Gasteiger partial charge < -0.3 is 34.3 Å². The van der Waals surface area contributed by atoms with Crippen molar-refractivity contribution in [3.8, 4) is 0 Å². The summed E-state index contributed by atoms with van der Waals surface area (Å²) in [7, 11) is 0. The zero-order valence-corrected chi connectivity index (χ0v) is 24.6. The van der Waals surface area contributed by atoms with Crippen molar-refractivity contribution in [1.82, 2.24) is 0 Å². The fraction of sp³-hybridized carbons (Fsp3) is 0.613. The van der Waals surface area contributed by atoms with E-state index in [-0.39, 0.29) is 30.6 Å². The maximum absolute atomic E-state index is 14.8. The number of aliphatic hydroxyl groups is 3. The Balaban J connectivity index is 1.84. The average molecular weight is 587 g/mol. The summed E-state index contributed by atoms with van der Waals surface area (Å²) in [5.74, 6) is -4.41. The van der Waals surface area contributed by atoms with Crippen LogP contribution in [0.3, 0.4) is 0 Å². The quantitative estimate of drug-likeness (QED) is 0.267. The first-order valence-corrected chi connectivity index (χ1v) is 14.1. The van der Waals surface area contributed by atoms with Crippen LogP contribution in [0.5, 0.6) is 0 Å². The van der Waals surface area contributed by atoms with Crippen molar-refractivity contribution in [1.29, 1.82) is 0 Å².